The molecular formula is C10H16BNO4. The van der Waals surface area contributed by atoms with E-state index in [1.807, 2.05) is 19.1 Å². The Morgan fingerprint density at radius 1 is 1.38 bits per heavy atom. The van der Waals surface area contributed by atoms with Gasteiger partial charge in [-0.05, 0) is 24.6 Å². The molecule has 1 unspecified atom stereocenters. The van der Waals surface area contributed by atoms with E-state index in [0.29, 0.717) is 5.56 Å². The summed E-state index contributed by atoms with van der Waals surface area (Å²) in [6, 6.07) is 7.09. The number of methoxy groups -OCH3 is 1. The molecule has 88 valence electrons. The lowest BCUT2D eigenvalue weighted by molar-refractivity contribution is 0.0999. The fraction of sp³-hybridized carbons (Fsp3) is 0.300. The largest absolute Gasteiger partial charge is 0.432 e. The number of benzene rings is 1. The van der Waals surface area contributed by atoms with Crippen LogP contribution in [0.15, 0.2) is 24.3 Å². The van der Waals surface area contributed by atoms with Gasteiger partial charge in [0.1, 0.15) is 0 Å². The van der Waals surface area contributed by atoms with Crippen LogP contribution in [0.2, 0.25) is 0 Å². The summed E-state index contributed by atoms with van der Waals surface area (Å²) in [5.41, 5.74) is 6.66. The zero-order valence-corrected chi connectivity index (χ0v) is 9.38. The van der Waals surface area contributed by atoms with Crippen molar-refractivity contribution in [2.24, 2.45) is 5.73 Å². The number of nitrogens with two attached hydrogens (primary N) is 1. The molecule has 0 radical (unpaired) electrons. The smallest absolute Gasteiger partial charge is 0.430 e. The number of carbonyl (C=O) groups excluding carboxylic acids is 1. The molecule has 0 spiro atoms. The number of carbonyl (C=O) groups is 1. The molecule has 16 heavy (non-hydrogen) atoms. The summed E-state index contributed by atoms with van der Waals surface area (Å²) in [5.74, 6) is -0.406. The molecule has 1 aromatic rings. The highest BCUT2D eigenvalue weighted by atomic mass is 16.5. The molecule has 0 aromatic heterocycles. The van der Waals surface area contributed by atoms with Crippen molar-refractivity contribution in [2.45, 2.75) is 13.0 Å². The Balaban J connectivity index is 0.000000673. The third kappa shape index (κ3) is 4.93. The first kappa shape index (κ1) is 14.6. The second-order valence-electron chi connectivity index (χ2n) is 3.01. The van der Waals surface area contributed by atoms with Crippen LogP contribution in [0, 0.1) is 0 Å². The van der Waals surface area contributed by atoms with Crippen molar-refractivity contribution in [2.75, 3.05) is 7.11 Å². The van der Waals surface area contributed by atoms with Gasteiger partial charge in [-0.25, -0.2) is 0 Å². The first-order chi connectivity index (χ1) is 7.56. The van der Waals surface area contributed by atoms with Gasteiger partial charge in [0.2, 0.25) is 5.91 Å². The molecule has 5 nitrogen and oxygen atoms in total. The summed E-state index contributed by atoms with van der Waals surface area (Å²) in [4.78, 5) is 10.7. The van der Waals surface area contributed by atoms with Gasteiger partial charge in [0, 0.05) is 12.7 Å². The highest BCUT2D eigenvalue weighted by molar-refractivity contribution is 6.13. The molecule has 0 aliphatic rings. The molecule has 1 aromatic carbocycles. The Bertz CT molecular complexity index is 315. The third-order valence-corrected chi connectivity index (χ3v) is 2.02. The summed E-state index contributed by atoms with van der Waals surface area (Å²) in [5, 5.41) is 14.2. The fourth-order valence-electron chi connectivity index (χ4n) is 1.05. The van der Waals surface area contributed by atoms with Gasteiger partial charge in [-0.15, -0.1) is 0 Å². The minimum absolute atomic E-state index is 0.0435. The average molecular weight is 225 g/mol. The van der Waals surface area contributed by atoms with Crippen molar-refractivity contribution < 1.29 is 19.6 Å². The molecule has 0 saturated carbocycles. The molecule has 0 bridgehead atoms. The summed E-state index contributed by atoms with van der Waals surface area (Å²) in [6.07, 6.45) is 0.0435. The van der Waals surface area contributed by atoms with E-state index in [0.717, 1.165) is 5.56 Å². The number of rotatable bonds is 3. The van der Waals surface area contributed by atoms with Gasteiger partial charge >= 0.3 is 7.69 Å². The molecule has 0 aliphatic heterocycles. The maximum Gasteiger partial charge on any atom is 0.432 e. The molecule has 4 N–H and O–H groups in total. The predicted octanol–water partition coefficient (Wildman–Crippen LogP) is -0.270. The first-order valence-corrected chi connectivity index (χ1v) is 4.71. The van der Waals surface area contributed by atoms with Crippen LogP contribution in [-0.4, -0.2) is 30.8 Å². The van der Waals surface area contributed by atoms with E-state index in [4.69, 9.17) is 20.5 Å². The number of ether oxygens (including phenoxy) is 1. The summed E-state index contributed by atoms with van der Waals surface area (Å²) < 4.78 is 5.12. The van der Waals surface area contributed by atoms with E-state index in [-0.39, 0.29) is 6.10 Å². The quantitative estimate of drug-likeness (QED) is 0.617. The SMILES string of the molecule is COC(C)c1ccc(C(N)=O)cc1.OBO. The molecule has 6 heteroatoms. The summed E-state index contributed by atoms with van der Waals surface area (Å²) >= 11 is 0. The minimum atomic E-state index is -0.750. The highest BCUT2D eigenvalue weighted by Crippen LogP contribution is 2.15. The standard InChI is InChI=1S/C10H13NO2.BH3O2/c1-7(13-2)8-3-5-9(6-4-8)10(11)12;2-1-3/h3-7H,1-2H3,(H2,11,12);1-3H. The zero-order chi connectivity index (χ0) is 12.6. The van der Waals surface area contributed by atoms with Crippen LogP contribution in [0.4, 0.5) is 0 Å². The van der Waals surface area contributed by atoms with E-state index >= 15 is 0 Å². The lowest BCUT2D eigenvalue weighted by Crippen LogP contribution is -2.10. The Morgan fingerprint density at radius 2 is 1.81 bits per heavy atom. The Labute approximate surface area is 95.2 Å². The minimum Gasteiger partial charge on any atom is -0.430 e. The van der Waals surface area contributed by atoms with Gasteiger partial charge in [-0.3, -0.25) is 4.79 Å². The average Bonchev–Trinajstić information content (AvgIpc) is 2.29. The molecule has 1 rings (SSSR count). The van der Waals surface area contributed by atoms with Crippen molar-refractivity contribution in [3.63, 3.8) is 0 Å². The number of primary amides is 1. The van der Waals surface area contributed by atoms with E-state index in [1.165, 1.54) is 0 Å². The van der Waals surface area contributed by atoms with Crippen molar-refractivity contribution >= 4 is 13.6 Å². The van der Waals surface area contributed by atoms with Gasteiger partial charge in [0.05, 0.1) is 6.10 Å². The molecule has 1 amide bonds. The molecule has 1 atom stereocenters. The maximum absolute atomic E-state index is 10.7. The summed E-state index contributed by atoms with van der Waals surface area (Å²) in [6.45, 7) is 1.94. The van der Waals surface area contributed by atoms with Crippen LogP contribution in [-0.2, 0) is 4.74 Å². The van der Waals surface area contributed by atoms with Gasteiger partial charge in [-0.1, -0.05) is 12.1 Å². The van der Waals surface area contributed by atoms with Crippen molar-refractivity contribution in [3.05, 3.63) is 35.4 Å². The lowest BCUT2D eigenvalue weighted by atomic mass is 10.1. The maximum atomic E-state index is 10.7. The fourth-order valence-corrected chi connectivity index (χ4v) is 1.05. The summed E-state index contributed by atoms with van der Waals surface area (Å²) in [7, 11) is 0.895. The van der Waals surface area contributed by atoms with E-state index in [2.05, 4.69) is 0 Å². The van der Waals surface area contributed by atoms with Crippen molar-refractivity contribution in [1.82, 2.24) is 0 Å². The molecular weight excluding hydrogens is 209 g/mol. The highest BCUT2D eigenvalue weighted by Gasteiger charge is 2.04. The van der Waals surface area contributed by atoms with E-state index < -0.39 is 13.6 Å². The molecule has 0 aliphatic carbocycles. The van der Waals surface area contributed by atoms with Crippen molar-refractivity contribution in [1.29, 1.82) is 0 Å². The predicted molar refractivity (Wildman–Crippen MR) is 62.0 cm³/mol. The number of amides is 1. The normalized spacial score (nSPS) is 11.0. The third-order valence-electron chi connectivity index (χ3n) is 2.02. The second kappa shape index (κ2) is 7.87. The lowest BCUT2D eigenvalue weighted by Gasteiger charge is -2.09. The molecule has 0 fully saturated rings. The van der Waals surface area contributed by atoms with Crippen LogP contribution in [0.5, 0.6) is 0 Å². The first-order valence-electron chi connectivity index (χ1n) is 4.71. The monoisotopic (exact) mass is 225 g/mol. The van der Waals surface area contributed by atoms with Gasteiger partial charge < -0.3 is 20.5 Å². The van der Waals surface area contributed by atoms with E-state index in [1.54, 1.807) is 19.2 Å². The molecule has 0 heterocycles. The van der Waals surface area contributed by atoms with Crippen LogP contribution in [0.25, 0.3) is 0 Å². The van der Waals surface area contributed by atoms with Crippen LogP contribution in [0.1, 0.15) is 28.9 Å². The Hall–Kier alpha value is -1.37. The topological polar surface area (TPSA) is 92.8 Å². The van der Waals surface area contributed by atoms with Crippen LogP contribution >= 0.6 is 0 Å². The van der Waals surface area contributed by atoms with Gasteiger partial charge in [0.15, 0.2) is 0 Å². The zero-order valence-electron chi connectivity index (χ0n) is 9.38. The number of hydrogen-bond acceptors (Lipinski definition) is 4. The number of hydrogen-bond donors (Lipinski definition) is 3. The van der Waals surface area contributed by atoms with Crippen molar-refractivity contribution in [3.8, 4) is 0 Å². The Morgan fingerprint density at radius 3 is 2.12 bits per heavy atom. The van der Waals surface area contributed by atoms with E-state index in [9.17, 15) is 4.79 Å². The van der Waals surface area contributed by atoms with Crippen LogP contribution < -0.4 is 5.73 Å². The second-order valence-corrected chi connectivity index (χ2v) is 3.01. The van der Waals surface area contributed by atoms with Gasteiger partial charge in [-0.2, -0.15) is 0 Å². The molecule has 0 saturated heterocycles. The van der Waals surface area contributed by atoms with Gasteiger partial charge in [0.25, 0.3) is 0 Å². The Kier molecular flexibility index (Phi) is 7.19. The van der Waals surface area contributed by atoms with Crippen LogP contribution in [0.3, 0.4) is 0 Å².